The highest BCUT2D eigenvalue weighted by Gasteiger charge is 2.32. The van der Waals surface area contributed by atoms with Crippen LogP contribution in [0.1, 0.15) is 57.1 Å². The quantitative estimate of drug-likeness (QED) is 0.878. The monoisotopic (exact) mass is 311 g/mol. The van der Waals surface area contributed by atoms with Crippen molar-refractivity contribution in [2.75, 3.05) is 0 Å². The lowest BCUT2D eigenvalue weighted by atomic mass is 9.84. The van der Waals surface area contributed by atoms with Crippen molar-refractivity contribution in [2.24, 2.45) is 0 Å². The molecule has 1 saturated carbocycles. The Kier molecular flexibility index (Phi) is 5.07. The van der Waals surface area contributed by atoms with Crippen molar-refractivity contribution in [1.82, 2.24) is 4.72 Å². The summed E-state index contributed by atoms with van der Waals surface area (Å²) in [5, 5.41) is 9.25. The highest BCUT2D eigenvalue weighted by atomic mass is 32.2. The first kappa shape index (κ1) is 16.5. The van der Waals surface area contributed by atoms with Gasteiger partial charge in [-0.2, -0.15) is 0 Å². The molecule has 0 amide bonds. The van der Waals surface area contributed by atoms with Gasteiger partial charge in [0.1, 0.15) is 0 Å². The van der Waals surface area contributed by atoms with Crippen LogP contribution in [0, 0.1) is 0 Å². The van der Waals surface area contributed by atoms with E-state index in [4.69, 9.17) is 0 Å². The summed E-state index contributed by atoms with van der Waals surface area (Å²) in [5.74, 6) is 0. The zero-order valence-electron chi connectivity index (χ0n) is 12.9. The van der Waals surface area contributed by atoms with Crippen LogP contribution in [0.3, 0.4) is 0 Å². The van der Waals surface area contributed by atoms with Crippen LogP contribution in [0.4, 0.5) is 0 Å². The number of nitrogens with one attached hydrogen (secondary N) is 1. The average Bonchev–Trinajstić information content (AvgIpc) is 2.46. The molecular formula is C16H25NO3S. The summed E-state index contributed by atoms with van der Waals surface area (Å²) in [4.78, 5) is 0.309. The molecule has 0 atom stereocenters. The number of hydrogen-bond donors (Lipinski definition) is 2. The van der Waals surface area contributed by atoms with Crippen LogP contribution in [0.15, 0.2) is 23.1 Å². The minimum Gasteiger partial charge on any atom is -0.392 e. The van der Waals surface area contributed by atoms with Crippen molar-refractivity contribution < 1.29 is 13.5 Å². The summed E-state index contributed by atoms with van der Waals surface area (Å²) < 4.78 is 28.4. The van der Waals surface area contributed by atoms with Gasteiger partial charge in [0.2, 0.25) is 10.0 Å². The van der Waals surface area contributed by atoms with Gasteiger partial charge in [0.15, 0.2) is 0 Å². The molecule has 1 fully saturated rings. The van der Waals surface area contributed by atoms with Crippen LogP contribution in [0.25, 0.3) is 0 Å². The van der Waals surface area contributed by atoms with Gasteiger partial charge in [0.25, 0.3) is 0 Å². The number of aliphatic hydroxyl groups excluding tert-OH is 1. The zero-order valence-corrected chi connectivity index (χ0v) is 13.7. The maximum absolute atomic E-state index is 12.8. The minimum absolute atomic E-state index is 0.149. The van der Waals surface area contributed by atoms with Crippen LogP contribution in [-0.2, 0) is 23.1 Å². The Labute approximate surface area is 127 Å². The summed E-state index contributed by atoms with van der Waals surface area (Å²) in [6.07, 6.45) is 5.73. The standard InChI is InChI=1S/C16H25NO3S/c1-3-14-8-7-13(12-18)11-15(14)21(19,20)17-16(2)9-5-4-6-10-16/h7-8,11,17-18H,3-6,9-10,12H2,1-2H3. The molecule has 2 rings (SSSR count). The summed E-state index contributed by atoms with van der Waals surface area (Å²) >= 11 is 0. The van der Waals surface area contributed by atoms with E-state index in [0.29, 0.717) is 16.9 Å². The number of aliphatic hydroxyl groups is 1. The molecule has 2 N–H and O–H groups in total. The highest BCUT2D eigenvalue weighted by molar-refractivity contribution is 7.89. The number of rotatable bonds is 5. The van der Waals surface area contributed by atoms with Crippen molar-refractivity contribution in [1.29, 1.82) is 0 Å². The molecule has 0 aromatic heterocycles. The van der Waals surface area contributed by atoms with Gasteiger partial charge in [-0.25, -0.2) is 13.1 Å². The SMILES string of the molecule is CCc1ccc(CO)cc1S(=O)(=O)NC1(C)CCCCC1. The Morgan fingerprint density at radius 3 is 2.48 bits per heavy atom. The van der Waals surface area contributed by atoms with E-state index < -0.39 is 10.0 Å². The molecule has 118 valence electrons. The average molecular weight is 311 g/mol. The van der Waals surface area contributed by atoms with Crippen LogP contribution in [-0.4, -0.2) is 19.1 Å². The molecule has 0 heterocycles. The smallest absolute Gasteiger partial charge is 0.241 e. The number of sulfonamides is 1. The number of hydrogen-bond acceptors (Lipinski definition) is 3. The Bertz CT molecular complexity index is 590. The zero-order chi connectivity index (χ0) is 15.5. The Hall–Kier alpha value is -0.910. The molecule has 0 aliphatic heterocycles. The van der Waals surface area contributed by atoms with Gasteiger partial charge in [0, 0.05) is 5.54 Å². The Balaban J connectivity index is 2.34. The first-order chi connectivity index (χ1) is 9.90. The first-order valence-corrected chi connectivity index (χ1v) is 9.15. The largest absolute Gasteiger partial charge is 0.392 e. The predicted octanol–water partition coefficient (Wildman–Crippen LogP) is 2.74. The molecule has 0 bridgehead atoms. The van der Waals surface area contributed by atoms with Crippen LogP contribution in [0.2, 0.25) is 0 Å². The molecule has 1 aromatic rings. The van der Waals surface area contributed by atoms with Crippen molar-refractivity contribution >= 4 is 10.0 Å². The fraction of sp³-hybridized carbons (Fsp3) is 0.625. The number of benzene rings is 1. The second kappa shape index (κ2) is 6.46. The molecule has 4 nitrogen and oxygen atoms in total. The maximum atomic E-state index is 12.8. The van der Waals surface area contributed by atoms with Gasteiger partial charge >= 0.3 is 0 Å². The lowest BCUT2D eigenvalue weighted by Crippen LogP contribution is -2.47. The predicted molar refractivity (Wildman–Crippen MR) is 83.6 cm³/mol. The van der Waals surface area contributed by atoms with Gasteiger partial charge in [0.05, 0.1) is 11.5 Å². The molecule has 0 radical (unpaired) electrons. The fourth-order valence-electron chi connectivity index (χ4n) is 3.05. The topological polar surface area (TPSA) is 66.4 Å². The van der Waals surface area contributed by atoms with Gasteiger partial charge in [-0.1, -0.05) is 38.3 Å². The molecule has 1 aliphatic rings. The van der Waals surface area contributed by atoms with Gasteiger partial charge in [-0.3, -0.25) is 0 Å². The molecule has 0 saturated heterocycles. The first-order valence-electron chi connectivity index (χ1n) is 7.67. The normalized spacial score (nSPS) is 18.6. The third-order valence-corrected chi connectivity index (χ3v) is 6.04. The lowest BCUT2D eigenvalue weighted by molar-refractivity contribution is 0.281. The van der Waals surface area contributed by atoms with Crippen molar-refractivity contribution in [3.63, 3.8) is 0 Å². The molecule has 0 spiro atoms. The van der Waals surface area contributed by atoms with E-state index in [9.17, 15) is 13.5 Å². The molecule has 21 heavy (non-hydrogen) atoms. The van der Waals surface area contributed by atoms with Crippen LogP contribution < -0.4 is 4.72 Å². The summed E-state index contributed by atoms with van der Waals surface area (Å²) in [5.41, 5.74) is 1.07. The Morgan fingerprint density at radius 1 is 1.24 bits per heavy atom. The Morgan fingerprint density at radius 2 is 1.90 bits per heavy atom. The van der Waals surface area contributed by atoms with E-state index in [1.54, 1.807) is 18.2 Å². The lowest BCUT2D eigenvalue weighted by Gasteiger charge is -2.34. The summed E-state index contributed by atoms with van der Waals surface area (Å²) in [7, 11) is -3.55. The third kappa shape index (κ3) is 3.84. The number of aryl methyl sites for hydroxylation is 1. The van der Waals surface area contributed by atoms with Crippen molar-refractivity contribution in [2.45, 2.75) is 69.4 Å². The molecule has 1 aliphatic carbocycles. The fourth-order valence-corrected chi connectivity index (χ4v) is 4.88. The van der Waals surface area contributed by atoms with E-state index >= 15 is 0 Å². The molecular weight excluding hydrogens is 286 g/mol. The van der Waals surface area contributed by atoms with Gasteiger partial charge < -0.3 is 5.11 Å². The summed E-state index contributed by atoms with van der Waals surface area (Å²) in [6, 6.07) is 5.16. The second-order valence-electron chi connectivity index (χ2n) is 6.18. The molecule has 5 heteroatoms. The van der Waals surface area contributed by atoms with Crippen LogP contribution in [0.5, 0.6) is 0 Å². The van der Waals surface area contributed by atoms with E-state index in [1.165, 1.54) is 6.42 Å². The van der Waals surface area contributed by atoms with Gasteiger partial charge in [-0.05, 0) is 43.4 Å². The van der Waals surface area contributed by atoms with Gasteiger partial charge in [-0.15, -0.1) is 0 Å². The van der Waals surface area contributed by atoms with Crippen LogP contribution >= 0.6 is 0 Å². The van der Waals surface area contributed by atoms with E-state index in [0.717, 1.165) is 31.2 Å². The molecule has 1 aromatic carbocycles. The van der Waals surface area contributed by atoms with Crippen molar-refractivity contribution in [3.8, 4) is 0 Å². The summed E-state index contributed by atoms with van der Waals surface area (Å²) in [6.45, 7) is 3.78. The maximum Gasteiger partial charge on any atom is 0.241 e. The van der Waals surface area contributed by atoms with E-state index in [2.05, 4.69) is 4.72 Å². The van der Waals surface area contributed by atoms with E-state index in [-0.39, 0.29) is 12.1 Å². The highest BCUT2D eigenvalue weighted by Crippen LogP contribution is 2.30. The second-order valence-corrected chi connectivity index (χ2v) is 7.83. The van der Waals surface area contributed by atoms with Crippen molar-refractivity contribution in [3.05, 3.63) is 29.3 Å². The minimum atomic E-state index is -3.55. The third-order valence-electron chi connectivity index (χ3n) is 4.32. The van der Waals surface area contributed by atoms with E-state index in [1.807, 2.05) is 13.8 Å². The molecule has 0 unspecified atom stereocenters.